The number of non-ortho nitro benzene ring substituents is 1. The first-order valence-corrected chi connectivity index (χ1v) is 10.1. The smallest absolute Gasteiger partial charge is 0.269 e. The van der Waals surface area contributed by atoms with Gasteiger partial charge < -0.3 is 10.2 Å². The first kappa shape index (κ1) is 20.9. The zero-order valence-corrected chi connectivity index (χ0v) is 16.6. The number of benzene rings is 2. The van der Waals surface area contributed by atoms with Crippen LogP contribution in [0.2, 0.25) is 0 Å². The van der Waals surface area contributed by atoms with Gasteiger partial charge in [-0.15, -0.1) is 11.8 Å². The largest absolute Gasteiger partial charge is 0.351 e. The van der Waals surface area contributed by atoms with E-state index in [1.807, 2.05) is 0 Å². The lowest BCUT2D eigenvalue weighted by Crippen LogP contribution is -3.10. The van der Waals surface area contributed by atoms with E-state index in [2.05, 4.69) is 43.4 Å². The normalized spacial score (nSPS) is 10.8. The Hall–Kier alpha value is -2.38. The van der Waals surface area contributed by atoms with Crippen LogP contribution in [0.15, 0.2) is 53.4 Å². The molecule has 27 heavy (non-hydrogen) atoms. The molecule has 2 N–H and O–H groups in total. The molecule has 0 saturated carbocycles. The van der Waals surface area contributed by atoms with Crippen molar-refractivity contribution in [2.75, 3.05) is 18.8 Å². The molecule has 0 spiro atoms. The van der Waals surface area contributed by atoms with Crippen molar-refractivity contribution in [2.45, 2.75) is 31.8 Å². The number of thioether (sulfide) groups is 1. The molecular formula is C20H26N3O3S+. The van der Waals surface area contributed by atoms with E-state index in [-0.39, 0.29) is 17.3 Å². The predicted octanol–water partition coefficient (Wildman–Crippen LogP) is 2.43. The number of hydrogen-bond acceptors (Lipinski definition) is 4. The molecule has 0 atom stereocenters. The summed E-state index contributed by atoms with van der Waals surface area (Å²) in [5, 5.41) is 13.5. The number of nitrogens with one attached hydrogen (secondary N) is 2. The fourth-order valence-corrected chi connectivity index (χ4v) is 3.36. The highest BCUT2D eigenvalue weighted by atomic mass is 32.2. The molecule has 2 aromatic carbocycles. The molecule has 7 heteroatoms. The number of carbonyl (C=O) groups is 1. The van der Waals surface area contributed by atoms with E-state index in [4.69, 9.17) is 0 Å². The molecule has 0 aliphatic rings. The van der Waals surface area contributed by atoms with Gasteiger partial charge in [0.2, 0.25) is 5.91 Å². The summed E-state index contributed by atoms with van der Waals surface area (Å²) in [6.07, 6.45) is 0. The van der Waals surface area contributed by atoms with E-state index in [1.54, 1.807) is 17.0 Å². The molecule has 0 fully saturated rings. The minimum atomic E-state index is -0.435. The summed E-state index contributed by atoms with van der Waals surface area (Å²) >= 11 is 1.36. The summed E-state index contributed by atoms with van der Waals surface area (Å²) in [5.74, 6) is 0.219. The number of nitro benzene ring substituents is 1. The van der Waals surface area contributed by atoms with Gasteiger partial charge in [-0.05, 0) is 31.5 Å². The molecule has 2 rings (SSSR count). The van der Waals surface area contributed by atoms with Crippen LogP contribution in [0.4, 0.5) is 5.69 Å². The van der Waals surface area contributed by atoms with Crippen LogP contribution in [0.5, 0.6) is 0 Å². The van der Waals surface area contributed by atoms with E-state index in [9.17, 15) is 14.9 Å². The quantitative estimate of drug-likeness (QED) is 0.372. The lowest BCUT2D eigenvalue weighted by molar-refractivity contribution is -0.910. The van der Waals surface area contributed by atoms with Gasteiger partial charge in [0.1, 0.15) is 6.54 Å². The monoisotopic (exact) mass is 388 g/mol. The Bertz CT molecular complexity index is 744. The molecule has 144 valence electrons. The standard InChI is InChI=1S/C20H25N3O3S/c1-3-22(4-2)14-17-7-5-16(6-8-17)13-21-20(24)15-27-19-11-9-18(10-12-19)23(25)26/h5-12H,3-4,13-15H2,1-2H3,(H,21,24)/p+1. The SMILES string of the molecule is CC[NH+](CC)Cc1ccc(CNC(=O)CSc2ccc([N+](=O)[O-])cc2)cc1. The molecule has 0 heterocycles. The Balaban J connectivity index is 1.75. The number of rotatable bonds is 10. The Kier molecular flexibility index (Phi) is 8.29. The highest BCUT2D eigenvalue weighted by molar-refractivity contribution is 8.00. The maximum Gasteiger partial charge on any atom is 0.269 e. The van der Waals surface area contributed by atoms with Crippen molar-refractivity contribution in [1.82, 2.24) is 5.32 Å². The third-order valence-electron chi connectivity index (χ3n) is 4.38. The van der Waals surface area contributed by atoms with Crippen molar-refractivity contribution in [1.29, 1.82) is 0 Å². The number of carbonyl (C=O) groups excluding carboxylic acids is 1. The Morgan fingerprint density at radius 3 is 2.19 bits per heavy atom. The van der Waals surface area contributed by atoms with Crippen LogP contribution >= 0.6 is 11.8 Å². The fourth-order valence-electron chi connectivity index (χ4n) is 2.63. The lowest BCUT2D eigenvalue weighted by Gasteiger charge is -2.15. The molecule has 0 aliphatic heterocycles. The lowest BCUT2D eigenvalue weighted by atomic mass is 10.1. The summed E-state index contributed by atoms with van der Waals surface area (Å²) in [7, 11) is 0. The van der Waals surface area contributed by atoms with Crippen molar-refractivity contribution >= 4 is 23.4 Å². The zero-order chi connectivity index (χ0) is 19.6. The highest BCUT2D eigenvalue weighted by Crippen LogP contribution is 2.21. The fraction of sp³-hybridized carbons (Fsp3) is 0.350. The topological polar surface area (TPSA) is 76.7 Å². The van der Waals surface area contributed by atoms with Gasteiger partial charge >= 0.3 is 0 Å². The van der Waals surface area contributed by atoms with Gasteiger partial charge in [-0.25, -0.2) is 0 Å². The van der Waals surface area contributed by atoms with Gasteiger partial charge in [-0.2, -0.15) is 0 Å². The van der Waals surface area contributed by atoms with Crippen molar-refractivity contribution < 1.29 is 14.6 Å². The average Bonchev–Trinajstić information content (AvgIpc) is 2.70. The van der Waals surface area contributed by atoms with Crippen LogP contribution in [0.1, 0.15) is 25.0 Å². The second-order valence-electron chi connectivity index (χ2n) is 6.27. The maximum atomic E-state index is 12.0. The van der Waals surface area contributed by atoms with E-state index in [0.29, 0.717) is 6.54 Å². The van der Waals surface area contributed by atoms with E-state index < -0.39 is 4.92 Å². The first-order chi connectivity index (χ1) is 13.0. The number of nitrogens with zero attached hydrogens (tertiary/aromatic N) is 1. The average molecular weight is 389 g/mol. The summed E-state index contributed by atoms with van der Waals surface area (Å²) < 4.78 is 0. The second kappa shape index (κ2) is 10.7. The predicted molar refractivity (Wildman–Crippen MR) is 108 cm³/mol. The molecule has 0 aromatic heterocycles. The van der Waals surface area contributed by atoms with Gasteiger partial charge in [0.25, 0.3) is 5.69 Å². The summed E-state index contributed by atoms with van der Waals surface area (Å²) in [4.78, 5) is 24.6. The third kappa shape index (κ3) is 7.03. The summed E-state index contributed by atoms with van der Waals surface area (Å²) in [6, 6.07) is 14.6. The molecule has 1 amide bonds. The minimum absolute atomic E-state index is 0.0508. The van der Waals surface area contributed by atoms with Gasteiger partial charge in [-0.1, -0.05) is 24.3 Å². The molecule has 0 aliphatic carbocycles. The van der Waals surface area contributed by atoms with Crippen LogP contribution in [-0.2, 0) is 17.9 Å². The maximum absolute atomic E-state index is 12.0. The van der Waals surface area contributed by atoms with Crippen LogP contribution in [0.3, 0.4) is 0 Å². The Labute approximate surface area is 164 Å². The van der Waals surface area contributed by atoms with Crippen LogP contribution in [0.25, 0.3) is 0 Å². The molecule has 0 saturated heterocycles. The van der Waals surface area contributed by atoms with Crippen LogP contribution in [0, 0.1) is 10.1 Å². The number of quaternary nitrogens is 1. The third-order valence-corrected chi connectivity index (χ3v) is 5.40. The Morgan fingerprint density at radius 1 is 1.04 bits per heavy atom. The van der Waals surface area contributed by atoms with Crippen LogP contribution in [-0.4, -0.2) is 29.7 Å². The molecule has 0 radical (unpaired) electrons. The molecule has 0 unspecified atom stereocenters. The molecule has 2 aromatic rings. The summed E-state index contributed by atoms with van der Waals surface area (Å²) in [5.41, 5.74) is 2.43. The van der Waals surface area contributed by atoms with Gasteiger partial charge in [0, 0.05) is 29.1 Å². The van der Waals surface area contributed by atoms with Crippen molar-refractivity contribution in [2.24, 2.45) is 0 Å². The first-order valence-electron chi connectivity index (χ1n) is 9.07. The summed E-state index contributed by atoms with van der Waals surface area (Å²) in [6.45, 7) is 8.12. The highest BCUT2D eigenvalue weighted by Gasteiger charge is 2.07. The number of nitro groups is 1. The van der Waals surface area contributed by atoms with Gasteiger partial charge in [-0.3, -0.25) is 14.9 Å². The van der Waals surface area contributed by atoms with Crippen molar-refractivity contribution in [3.63, 3.8) is 0 Å². The van der Waals surface area contributed by atoms with Crippen molar-refractivity contribution in [3.8, 4) is 0 Å². The van der Waals surface area contributed by atoms with E-state index in [1.165, 1.54) is 29.5 Å². The Morgan fingerprint density at radius 2 is 1.63 bits per heavy atom. The molecular weight excluding hydrogens is 362 g/mol. The van der Waals surface area contributed by atoms with Gasteiger partial charge in [0.15, 0.2) is 0 Å². The number of hydrogen-bond donors (Lipinski definition) is 2. The molecule has 0 bridgehead atoms. The second-order valence-corrected chi connectivity index (χ2v) is 7.32. The van der Waals surface area contributed by atoms with E-state index in [0.717, 1.165) is 30.1 Å². The van der Waals surface area contributed by atoms with Crippen LogP contribution < -0.4 is 10.2 Å². The molecule has 6 nitrogen and oxygen atoms in total. The van der Waals surface area contributed by atoms with Crippen molar-refractivity contribution in [3.05, 3.63) is 69.8 Å². The van der Waals surface area contributed by atoms with E-state index >= 15 is 0 Å². The minimum Gasteiger partial charge on any atom is -0.351 e. The zero-order valence-electron chi connectivity index (χ0n) is 15.7. The number of amides is 1. The van der Waals surface area contributed by atoms with Gasteiger partial charge in [0.05, 0.1) is 23.8 Å².